The zero-order valence-corrected chi connectivity index (χ0v) is 16.6. The molecule has 0 saturated carbocycles. The Labute approximate surface area is 158 Å². The second-order valence-corrected chi connectivity index (χ2v) is 7.02. The first-order chi connectivity index (χ1) is 12.6. The number of morpholine rings is 1. The SMILES string of the molecule is CN=C(NCc1cccc(COC)c1)NCC(C(C)C)N1CCOCC1. The number of rotatable bonds is 8. The fraction of sp³-hybridized carbons (Fsp3) is 0.650. The Morgan fingerprint density at radius 1 is 1.23 bits per heavy atom. The van der Waals surface area contributed by atoms with Crippen LogP contribution in [0.3, 0.4) is 0 Å². The Hall–Kier alpha value is -1.63. The summed E-state index contributed by atoms with van der Waals surface area (Å²) in [6, 6.07) is 8.89. The quantitative estimate of drug-likeness (QED) is 0.546. The molecule has 1 aromatic rings. The van der Waals surface area contributed by atoms with Gasteiger partial charge in [-0.3, -0.25) is 9.89 Å². The molecule has 2 N–H and O–H groups in total. The van der Waals surface area contributed by atoms with Crippen LogP contribution in [0.2, 0.25) is 0 Å². The van der Waals surface area contributed by atoms with Crippen molar-refractivity contribution in [1.82, 2.24) is 15.5 Å². The molecule has 1 atom stereocenters. The van der Waals surface area contributed by atoms with Crippen molar-refractivity contribution in [2.45, 2.75) is 33.0 Å². The van der Waals surface area contributed by atoms with E-state index < -0.39 is 0 Å². The lowest BCUT2D eigenvalue weighted by Gasteiger charge is -2.37. The van der Waals surface area contributed by atoms with E-state index in [1.807, 2.05) is 7.05 Å². The molecular formula is C20H34N4O2. The lowest BCUT2D eigenvalue weighted by atomic mass is 10.0. The van der Waals surface area contributed by atoms with Gasteiger partial charge in [0.15, 0.2) is 5.96 Å². The summed E-state index contributed by atoms with van der Waals surface area (Å²) in [5, 5.41) is 6.90. The molecule has 1 aliphatic heterocycles. The monoisotopic (exact) mass is 362 g/mol. The first kappa shape index (κ1) is 20.7. The van der Waals surface area contributed by atoms with E-state index in [0.717, 1.165) is 45.4 Å². The van der Waals surface area contributed by atoms with Gasteiger partial charge in [-0.15, -0.1) is 0 Å². The van der Waals surface area contributed by atoms with E-state index in [9.17, 15) is 0 Å². The number of guanidine groups is 1. The second kappa shape index (κ2) is 11.2. The molecular weight excluding hydrogens is 328 g/mol. The Bertz CT molecular complexity index is 556. The van der Waals surface area contributed by atoms with Gasteiger partial charge < -0.3 is 20.1 Å². The van der Waals surface area contributed by atoms with Gasteiger partial charge >= 0.3 is 0 Å². The van der Waals surface area contributed by atoms with Crippen molar-refractivity contribution in [3.05, 3.63) is 35.4 Å². The van der Waals surface area contributed by atoms with Crippen LogP contribution >= 0.6 is 0 Å². The van der Waals surface area contributed by atoms with Gasteiger partial charge in [0.2, 0.25) is 0 Å². The third-order valence-corrected chi connectivity index (χ3v) is 4.75. The standard InChI is InChI=1S/C20H34N4O2/c1-16(2)19(24-8-10-26-11-9-24)14-23-20(21-3)22-13-17-6-5-7-18(12-17)15-25-4/h5-7,12,16,19H,8-11,13-15H2,1-4H3,(H2,21,22,23). The predicted molar refractivity (Wildman–Crippen MR) is 106 cm³/mol. The molecule has 0 amide bonds. The molecule has 1 heterocycles. The van der Waals surface area contributed by atoms with Gasteiger partial charge in [-0.1, -0.05) is 38.1 Å². The lowest BCUT2D eigenvalue weighted by molar-refractivity contribution is 0.00752. The molecule has 1 fully saturated rings. The molecule has 1 aliphatic rings. The normalized spacial score (nSPS) is 17.3. The van der Waals surface area contributed by atoms with E-state index in [1.165, 1.54) is 11.1 Å². The van der Waals surface area contributed by atoms with Crippen LogP contribution in [0, 0.1) is 5.92 Å². The first-order valence-electron chi connectivity index (χ1n) is 9.47. The molecule has 0 aliphatic carbocycles. The highest BCUT2D eigenvalue weighted by molar-refractivity contribution is 5.79. The summed E-state index contributed by atoms with van der Waals surface area (Å²) in [5.74, 6) is 1.41. The summed E-state index contributed by atoms with van der Waals surface area (Å²) < 4.78 is 10.7. The number of hydrogen-bond donors (Lipinski definition) is 2. The van der Waals surface area contributed by atoms with Crippen LogP contribution in [0.5, 0.6) is 0 Å². The zero-order valence-electron chi connectivity index (χ0n) is 16.6. The molecule has 0 aromatic heterocycles. The van der Waals surface area contributed by atoms with Gasteiger partial charge in [-0.05, 0) is 17.0 Å². The fourth-order valence-corrected chi connectivity index (χ4v) is 3.30. The number of ether oxygens (including phenoxy) is 2. The number of hydrogen-bond acceptors (Lipinski definition) is 4. The lowest BCUT2D eigenvalue weighted by Crippen LogP contribution is -2.52. The van der Waals surface area contributed by atoms with Crippen molar-refractivity contribution in [2.75, 3.05) is 47.0 Å². The Kier molecular flexibility index (Phi) is 8.88. The molecule has 0 radical (unpaired) electrons. The number of benzene rings is 1. The average Bonchev–Trinajstić information content (AvgIpc) is 2.65. The smallest absolute Gasteiger partial charge is 0.191 e. The topological polar surface area (TPSA) is 58.1 Å². The Balaban J connectivity index is 1.85. The maximum absolute atomic E-state index is 5.48. The van der Waals surface area contributed by atoms with E-state index in [4.69, 9.17) is 9.47 Å². The summed E-state index contributed by atoms with van der Waals surface area (Å²) in [5.41, 5.74) is 2.40. The minimum Gasteiger partial charge on any atom is -0.380 e. The van der Waals surface area contributed by atoms with Crippen molar-refractivity contribution in [3.8, 4) is 0 Å². The van der Waals surface area contributed by atoms with Gasteiger partial charge in [-0.2, -0.15) is 0 Å². The largest absolute Gasteiger partial charge is 0.380 e. The first-order valence-corrected chi connectivity index (χ1v) is 9.47. The molecule has 1 saturated heterocycles. The van der Waals surface area contributed by atoms with Gasteiger partial charge in [-0.25, -0.2) is 0 Å². The van der Waals surface area contributed by atoms with Gasteiger partial charge in [0.25, 0.3) is 0 Å². The van der Waals surface area contributed by atoms with Crippen LogP contribution in [0.25, 0.3) is 0 Å². The molecule has 2 rings (SSSR count). The van der Waals surface area contributed by atoms with Crippen molar-refractivity contribution in [1.29, 1.82) is 0 Å². The molecule has 146 valence electrons. The van der Waals surface area contributed by atoms with E-state index in [1.54, 1.807) is 7.11 Å². The van der Waals surface area contributed by atoms with Crippen LogP contribution in [0.4, 0.5) is 0 Å². The summed E-state index contributed by atoms with van der Waals surface area (Å²) in [4.78, 5) is 6.88. The summed E-state index contributed by atoms with van der Waals surface area (Å²) in [6.45, 7) is 10.5. The van der Waals surface area contributed by atoms with Crippen LogP contribution in [0.1, 0.15) is 25.0 Å². The third-order valence-electron chi connectivity index (χ3n) is 4.75. The molecule has 1 unspecified atom stereocenters. The van der Waals surface area contributed by atoms with Crippen molar-refractivity contribution < 1.29 is 9.47 Å². The second-order valence-electron chi connectivity index (χ2n) is 7.02. The van der Waals surface area contributed by atoms with Gasteiger partial charge in [0.05, 0.1) is 19.8 Å². The van der Waals surface area contributed by atoms with Crippen molar-refractivity contribution in [2.24, 2.45) is 10.9 Å². The zero-order chi connectivity index (χ0) is 18.8. The predicted octanol–water partition coefficient (Wildman–Crippen LogP) is 1.85. The maximum Gasteiger partial charge on any atom is 0.191 e. The molecule has 0 bridgehead atoms. The third kappa shape index (κ3) is 6.59. The van der Waals surface area contributed by atoms with Gasteiger partial charge in [0.1, 0.15) is 0 Å². The number of nitrogens with zero attached hydrogens (tertiary/aromatic N) is 2. The highest BCUT2D eigenvalue weighted by atomic mass is 16.5. The van der Waals surface area contributed by atoms with Crippen LogP contribution < -0.4 is 10.6 Å². The number of methoxy groups -OCH3 is 1. The average molecular weight is 363 g/mol. The molecule has 26 heavy (non-hydrogen) atoms. The van der Waals surface area contributed by atoms with Crippen LogP contribution in [-0.2, 0) is 22.6 Å². The minimum absolute atomic E-state index is 0.475. The van der Waals surface area contributed by atoms with Crippen LogP contribution in [0.15, 0.2) is 29.3 Å². The van der Waals surface area contributed by atoms with Gasteiger partial charge in [0, 0.05) is 46.4 Å². The Morgan fingerprint density at radius 2 is 1.96 bits per heavy atom. The van der Waals surface area contributed by atoms with E-state index in [0.29, 0.717) is 18.6 Å². The summed E-state index contributed by atoms with van der Waals surface area (Å²) >= 11 is 0. The summed E-state index contributed by atoms with van der Waals surface area (Å²) in [7, 11) is 3.53. The highest BCUT2D eigenvalue weighted by Crippen LogP contribution is 2.12. The van der Waals surface area contributed by atoms with Crippen molar-refractivity contribution in [3.63, 3.8) is 0 Å². The Morgan fingerprint density at radius 3 is 2.62 bits per heavy atom. The summed E-state index contributed by atoms with van der Waals surface area (Å²) in [6.07, 6.45) is 0. The van der Waals surface area contributed by atoms with Crippen molar-refractivity contribution >= 4 is 5.96 Å². The van der Waals surface area contributed by atoms with E-state index in [-0.39, 0.29) is 0 Å². The minimum atomic E-state index is 0.475. The number of aliphatic imine (C=N–C) groups is 1. The van der Waals surface area contributed by atoms with E-state index >= 15 is 0 Å². The van der Waals surface area contributed by atoms with E-state index in [2.05, 4.69) is 58.6 Å². The molecule has 1 aromatic carbocycles. The highest BCUT2D eigenvalue weighted by Gasteiger charge is 2.23. The molecule has 6 nitrogen and oxygen atoms in total. The maximum atomic E-state index is 5.48. The fourth-order valence-electron chi connectivity index (χ4n) is 3.30. The van der Waals surface area contributed by atoms with Crippen LogP contribution in [-0.4, -0.2) is 63.9 Å². The molecule has 6 heteroatoms. The molecule has 0 spiro atoms. The number of nitrogens with one attached hydrogen (secondary N) is 2.